The molecule has 2 heterocycles. The molecular weight excluding hydrogens is 362 g/mol. The Hall–Kier alpha value is -2.90. The summed E-state index contributed by atoms with van der Waals surface area (Å²) < 4.78 is 4.92. The van der Waals surface area contributed by atoms with Gasteiger partial charge in [-0.15, -0.1) is 0 Å². The molecule has 2 fully saturated rings. The Labute approximate surface area is 163 Å². The van der Waals surface area contributed by atoms with E-state index in [1.165, 1.54) is 19.3 Å². The van der Waals surface area contributed by atoms with E-state index in [1.54, 1.807) is 0 Å². The van der Waals surface area contributed by atoms with Crippen molar-refractivity contribution in [2.45, 2.75) is 38.5 Å². The molecule has 1 aromatic carbocycles. The van der Waals surface area contributed by atoms with Crippen LogP contribution in [0.2, 0.25) is 0 Å². The molecule has 1 N–H and O–H groups in total. The Morgan fingerprint density at radius 3 is 2.25 bits per heavy atom. The van der Waals surface area contributed by atoms with E-state index in [4.69, 9.17) is 4.74 Å². The molecule has 0 unspecified atom stereocenters. The summed E-state index contributed by atoms with van der Waals surface area (Å²) in [6, 6.07) is 7.59. The van der Waals surface area contributed by atoms with Crippen LogP contribution < -0.4 is 10.2 Å². The van der Waals surface area contributed by atoms with Crippen LogP contribution in [-0.4, -0.2) is 54.8 Å². The second-order valence-corrected chi connectivity index (χ2v) is 6.99. The lowest BCUT2D eigenvalue weighted by molar-refractivity contribution is -0.148. The maximum Gasteiger partial charge on any atom is 0.308 e. The number of likely N-dealkylation sites (tertiary alicyclic amines) is 1. The van der Waals surface area contributed by atoms with Crippen molar-refractivity contribution < 1.29 is 23.9 Å². The lowest BCUT2D eigenvalue weighted by atomic mass is 10.1. The number of nitrogens with one attached hydrogen (secondary N) is 1. The summed E-state index contributed by atoms with van der Waals surface area (Å²) >= 11 is 0. The summed E-state index contributed by atoms with van der Waals surface area (Å²) in [5.41, 5.74) is 1.77. The monoisotopic (exact) mass is 387 g/mol. The van der Waals surface area contributed by atoms with Gasteiger partial charge >= 0.3 is 5.97 Å². The molecule has 150 valence electrons. The molecule has 3 amide bonds. The largest absolute Gasteiger partial charge is 0.456 e. The lowest BCUT2D eigenvalue weighted by Crippen LogP contribution is -2.32. The molecule has 0 aliphatic carbocycles. The van der Waals surface area contributed by atoms with Crippen molar-refractivity contribution in [1.29, 1.82) is 0 Å². The molecular formula is C20H25N3O5. The van der Waals surface area contributed by atoms with Gasteiger partial charge in [-0.1, -0.05) is 0 Å². The van der Waals surface area contributed by atoms with E-state index in [0.717, 1.165) is 23.7 Å². The highest BCUT2D eigenvalue weighted by Gasteiger charge is 2.29. The van der Waals surface area contributed by atoms with Crippen molar-refractivity contribution in [3.63, 3.8) is 0 Å². The van der Waals surface area contributed by atoms with Gasteiger partial charge in [0.15, 0.2) is 6.61 Å². The van der Waals surface area contributed by atoms with E-state index in [2.05, 4.69) is 10.2 Å². The van der Waals surface area contributed by atoms with Gasteiger partial charge in [0.2, 0.25) is 11.8 Å². The van der Waals surface area contributed by atoms with Crippen LogP contribution in [0.1, 0.15) is 38.5 Å². The maximum absolute atomic E-state index is 12.0. The highest BCUT2D eigenvalue weighted by molar-refractivity contribution is 6.02. The first-order valence-corrected chi connectivity index (χ1v) is 9.66. The lowest BCUT2D eigenvalue weighted by Gasteiger charge is -2.28. The van der Waals surface area contributed by atoms with Crippen LogP contribution in [-0.2, 0) is 23.9 Å². The Kier molecular flexibility index (Phi) is 6.62. The number of piperidine rings is 1. The molecule has 8 nitrogen and oxygen atoms in total. The van der Waals surface area contributed by atoms with Crippen molar-refractivity contribution in [1.82, 2.24) is 4.90 Å². The first-order chi connectivity index (χ1) is 13.5. The first kappa shape index (κ1) is 19.9. The minimum atomic E-state index is -0.622. The summed E-state index contributed by atoms with van der Waals surface area (Å²) in [7, 11) is 0. The summed E-state index contributed by atoms with van der Waals surface area (Å²) in [6.45, 7) is 1.69. The summed E-state index contributed by atoms with van der Waals surface area (Å²) in [4.78, 5) is 50.0. The van der Waals surface area contributed by atoms with Gasteiger partial charge in [-0.25, -0.2) is 0 Å². The Morgan fingerprint density at radius 1 is 0.964 bits per heavy atom. The maximum atomic E-state index is 12.0. The van der Waals surface area contributed by atoms with Crippen LogP contribution in [0.5, 0.6) is 0 Å². The molecule has 0 radical (unpaired) electrons. The first-order valence-electron chi connectivity index (χ1n) is 9.66. The second-order valence-electron chi connectivity index (χ2n) is 6.99. The van der Waals surface area contributed by atoms with Gasteiger partial charge in [0.25, 0.3) is 5.91 Å². The predicted octanol–water partition coefficient (Wildman–Crippen LogP) is 1.70. The van der Waals surface area contributed by atoms with Crippen molar-refractivity contribution in [3.8, 4) is 0 Å². The predicted molar refractivity (Wildman–Crippen MR) is 103 cm³/mol. The topological polar surface area (TPSA) is 96.0 Å². The van der Waals surface area contributed by atoms with Gasteiger partial charge in [-0.05, 0) is 43.5 Å². The number of hydrogen-bond acceptors (Lipinski definition) is 6. The molecule has 0 atom stereocenters. The fraction of sp³-hybridized carbons (Fsp3) is 0.500. The van der Waals surface area contributed by atoms with Crippen LogP contribution in [0.15, 0.2) is 24.3 Å². The van der Waals surface area contributed by atoms with E-state index < -0.39 is 18.5 Å². The fourth-order valence-corrected chi connectivity index (χ4v) is 3.40. The minimum absolute atomic E-state index is 0.00389. The van der Waals surface area contributed by atoms with Crippen LogP contribution in [0.25, 0.3) is 0 Å². The normalized spacial score (nSPS) is 17.0. The number of ether oxygens (including phenoxy) is 1. The van der Waals surface area contributed by atoms with Gasteiger partial charge < -0.3 is 15.0 Å². The molecule has 2 aliphatic rings. The van der Waals surface area contributed by atoms with Gasteiger partial charge in [0, 0.05) is 43.9 Å². The molecule has 8 heteroatoms. The minimum Gasteiger partial charge on any atom is -0.456 e. The molecule has 3 rings (SSSR count). The number of imide groups is 1. The highest BCUT2D eigenvalue weighted by atomic mass is 16.5. The third kappa shape index (κ3) is 5.31. The number of benzene rings is 1. The molecule has 1 aromatic rings. The third-order valence-corrected chi connectivity index (χ3v) is 4.93. The van der Waals surface area contributed by atoms with Crippen LogP contribution in [0.3, 0.4) is 0 Å². The van der Waals surface area contributed by atoms with E-state index in [-0.39, 0.29) is 37.6 Å². The van der Waals surface area contributed by atoms with Crippen molar-refractivity contribution in [2.24, 2.45) is 0 Å². The standard InChI is InChI=1S/C20H25N3O5/c24-17(14-28-20(27)10-13-23-18(25)8-9-19(23)26)21-15-4-6-16(7-5-15)22-11-2-1-3-12-22/h4-7H,1-3,8-14H2,(H,21,24). The van der Waals surface area contributed by atoms with Crippen LogP contribution in [0.4, 0.5) is 11.4 Å². The number of carbonyl (C=O) groups is 4. The number of nitrogens with zero attached hydrogens (tertiary/aromatic N) is 2. The molecule has 0 bridgehead atoms. The van der Waals surface area contributed by atoms with E-state index >= 15 is 0 Å². The van der Waals surface area contributed by atoms with Gasteiger partial charge in [0.05, 0.1) is 6.42 Å². The summed E-state index contributed by atoms with van der Waals surface area (Å²) in [5.74, 6) is -1.61. The number of amides is 3. The van der Waals surface area contributed by atoms with Crippen molar-refractivity contribution >= 4 is 35.1 Å². The zero-order valence-electron chi connectivity index (χ0n) is 15.8. The SMILES string of the molecule is O=C(COC(=O)CCN1C(=O)CCC1=O)Nc1ccc(N2CCCCC2)cc1. The van der Waals surface area contributed by atoms with Gasteiger partial charge in [0.1, 0.15) is 0 Å². The summed E-state index contributed by atoms with van der Waals surface area (Å²) in [5, 5.41) is 2.69. The van der Waals surface area contributed by atoms with Crippen LogP contribution >= 0.6 is 0 Å². The number of hydrogen-bond donors (Lipinski definition) is 1. The molecule has 2 saturated heterocycles. The average Bonchev–Trinajstić information content (AvgIpc) is 3.03. The van der Waals surface area contributed by atoms with E-state index in [1.807, 2.05) is 24.3 Å². The molecule has 0 spiro atoms. The molecule has 0 aromatic heterocycles. The van der Waals surface area contributed by atoms with E-state index in [0.29, 0.717) is 5.69 Å². The van der Waals surface area contributed by atoms with Crippen molar-refractivity contribution in [2.75, 3.05) is 36.5 Å². The van der Waals surface area contributed by atoms with E-state index in [9.17, 15) is 19.2 Å². The quantitative estimate of drug-likeness (QED) is 0.565. The van der Waals surface area contributed by atoms with Crippen molar-refractivity contribution in [3.05, 3.63) is 24.3 Å². The van der Waals surface area contributed by atoms with Crippen LogP contribution in [0, 0.1) is 0 Å². The Morgan fingerprint density at radius 2 is 1.61 bits per heavy atom. The number of carbonyl (C=O) groups excluding carboxylic acids is 4. The van der Waals surface area contributed by atoms with Gasteiger partial charge in [-0.2, -0.15) is 0 Å². The Bertz CT molecular complexity index is 725. The zero-order valence-corrected chi connectivity index (χ0v) is 15.8. The number of anilines is 2. The molecule has 28 heavy (non-hydrogen) atoms. The zero-order chi connectivity index (χ0) is 19.9. The molecule has 2 aliphatic heterocycles. The Balaban J connectivity index is 1.38. The molecule has 0 saturated carbocycles. The third-order valence-electron chi connectivity index (χ3n) is 4.93. The average molecular weight is 387 g/mol. The smallest absolute Gasteiger partial charge is 0.308 e. The summed E-state index contributed by atoms with van der Waals surface area (Å²) in [6.07, 6.45) is 3.93. The van der Waals surface area contributed by atoms with Gasteiger partial charge in [-0.3, -0.25) is 24.1 Å². The number of rotatable bonds is 7. The fourth-order valence-electron chi connectivity index (χ4n) is 3.40. The number of esters is 1. The second kappa shape index (κ2) is 9.34. The highest BCUT2D eigenvalue weighted by Crippen LogP contribution is 2.21.